The van der Waals surface area contributed by atoms with E-state index < -0.39 is 5.82 Å². The van der Waals surface area contributed by atoms with Gasteiger partial charge in [0.1, 0.15) is 6.54 Å². The first-order chi connectivity index (χ1) is 7.67. The fourth-order valence-corrected chi connectivity index (χ4v) is 1.21. The Morgan fingerprint density at radius 2 is 2.12 bits per heavy atom. The van der Waals surface area contributed by atoms with Crippen molar-refractivity contribution < 1.29 is 13.9 Å². The number of carbonyl (C=O) groups excluding carboxylic acids is 1. The molecule has 1 rings (SSSR count). The first-order valence-electron chi connectivity index (χ1n) is 4.96. The summed E-state index contributed by atoms with van der Waals surface area (Å²) < 4.78 is 17.2. The van der Waals surface area contributed by atoms with E-state index in [-0.39, 0.29) is 12.5 Å². The highest BCUT2D eigenvalue weighted by Crippen LogP contribution is 2.07. The Bertz CT molecular complexity index is 342. The van der Waals surface area contributed by atoms with Crippen molar-refractivity contribution in [3.05, 3.63) is 18.2 Å². The standard InChI is InChI=1S/C10H14FN3O2/c1-3-4-14(7-9(15)16-2)10-12-5-8(11)6-13-10/h5-6H,3-4,7H2,1-2H3. The second kappa shape index (κ2) is 5.99. The topological polar surface area (TPSA) is 55.3 Å². The molecule has 16 heavy (non-hydrogen) atoms. The molecule has 1 heterocycles. The molecule has 88 valence electrons. The van der Waals surface area contributed by atoms with Gasteiger partial charge in [0.15, 0.2) is 5.82 Å². The van der Waals surface area contributed by atoms with Crippen molar-refractivity contribution >= 4 is 11.9 Å². The van der Waals surface area contributed by atoms with Gasteiger partial charge in [-0.1, -0.05) is 6.92 Å². The van der Waals surface area contributed by atoms with Gasteiger partial charge in [-0.3, -0.25) is 4.79 Å². The molecular weight excluding hydrogens is 213 g/mol. The summed E-state index contributed by atoms with van der Waals surface area (Å²) in [5.74, 6) is -0.548. The van der Waals surface area contributed by atoms with Crippen LogP contribution < -0.4 is 4.90 Å². The van der Waals surface area contributed by atoms with Crippen molar-refractivity contribution in [2.24, 2.45) is 0 Å². The molecule has 0 fully saturated rings. The third-order valence-corrected chi connectivity index (χ3v) is 1.93. The molecule has 0 amide bonds. The molecule has 0 aliphatic carbocycles. The number of methoxy groups -OCH3 is 1. The summed E-state index contributed by atoms with van der Waals surface area (Å²) in [6, 6.07) is 0. The molecule has 6 heteroatoms. The summed E-state index contributed by atoms with van der Waals surface area (Å²) in [7, 11) is 1.32. The second-order valence-electron chi connectivity index (χ2n) is 3.20. The number of esters is 1. The van der Waals surface area contributed by atoms with E-state index in [4.69, 9.17) is 0 Å². The van der Waals surface area contributed by atoms with E-state index in [2.05, 4.69) is 14.7 Å². The number of hydrogen-bond acceptors (Lipinski definition) is 5. The zero-order chi connectivity index (χ0) is 12.0. The summed E-state index contributed by atoms with van der Waals surface area (Å²) in [5, 5.41) is 0. The van der Waals surface area contributed by atoms with Crippen LogP contribution in [0.3, 0.4) is 0 Å². The van der Waals surface area contributed by atoms with Crippen LogP contribution in [0.25, 0.3) is 0 Å². The Kier molecular flexibility index (Phi) is 4.63. The van der Waals surface area contributed by atoms with Crippen LogP contribution in [0.2, 0.25) is 0 Å². The largest absolute Gasteiger partial charge is 0.468 e. The highest BCUT2D eigenvalue weighted by atomic mass is 19.1. The minimum atomic E-state index is -0.502. The van der Waals surface area contributed by atoms with Gasteiger partial charge in [-0.15, -0.1) is 0 Å². The van der Waals surface area contributed by atoms with Gasteiger partial charge >= 0.3 is 5.97 Å². The lowest BCUT2D eigenvalue weighted by atomic mass is 10.4. The molecule has 0 atom stereocenters. The van der Waals surface area contributed by atoms with E-state index in [1.165, 1.54) is 7.11 Å². The van der Waals surface area contributed by atoms with Crippen LogP contribution in [0.5, 0.6) is 0 Å². The summed E-state index contributed by atoms with van der Waals surface area (Å²) >= 11 is 0. The van der Waals surface area contributed by atoms with E-state index in [0.29, 0.717) is 12.5 Å². The molecule has 0 saturated carbocycles. The van der Waals surface area contributed by atoms with E-state index in [1.54, 1.807) is 4.90 Å². The molecule has 0 aromatic carbocycles. The maximum atomic E-state index is 12.6. The number of ether oxygens (including phenoxy) is 1. The number of halogens is 1. The van der Waals surface area contributed by atoms with Crippen LogP contribution in [-0.4, -0.2) is 36.1 Å². The van der Waals surface area contributed by atoms with E-state index in [9.17, 15) is 9.18 Å². The minimum Gasteiger partial charge on any atom is -0.468 e. The first kappa shape index (κ1) is 12.4. The summed E-state index contributed by atoms with van der Waals surface area (Å²) in [5.41, 5.74) is 0. The molecule has 0 aliphatic rings. The monoisotopic (exact) mass is 227 g/mol. The number of anilines is 1. The van der Waals surface area contributed by atoms with Crippen molar-refractivity contribution in [1.29, 1.82) is 0 Å². The molecule has 0 radical (unpaired) electrons. The molecule has 0 N–H and O–H groups in total. The molecule has 1 aromatic rings. The molecule has 0 unspecified atom stereocenters. The third-order valence-electron chi connectivity index (χ3n) is 1.93. The van der Waals surface area contributed by atoms with Crippen LogP contribution in [0.1, 0.15) is 13.3 Å². The van der Waals surface area contributed by atoms with Gasteiger partial charge < -0.3 is 9.64 Å². The summed E-state index contributed by atoms with van der Waals surface area (Å²) in [6.07, 6.45) is 2.97. The van der Waals surface area contributed by atoms with Gasteiger partial charge in [0.25, 0.3) is 0 Å². The predicted molar refractivity (Wildman–Crippen MR) is 56.5 cm³/mol. The molecule has 5 nitrogen and oxygen atoms in total. The fourth-order valence-electron chi connectivity index (χ4n) is 1.21. The van der Waals surface area contributed by atoms with Crippen molar-refractivity contribution in [2.45, 2.75) is 13.3 Å². The maximum absolute atomic E-state index is 12.6. The smallest absolute Gasteiger partial charge is 0.325 e. The highest BCUT2D eigenvalue weighted by Gasteiger charge is 2.13. The van der Waals surface area contributed by atoms with Crippen molar-refractivity contribution in [1.82, 2.24) is 9.97 Å². The van der Waals surface area contributed by atoms with Gasteiger partial charge in [-0.2, -0.15) is 0 Å². The van der Waals surface area contributed by atoms with Gasteiger partial charge in [0, 0.05) is 6.54 Å². The SMILES string of the molecule is CCCN(CC(=O)OC)c1ncc(F)cn1. The zero-order valence-corrected chi connectivity index (χ0v) is 9.31. The Labute approximate surface area is 93.3 Å². The lowest BCUT2D eigenvalue weighted by Crippen LogP contribution is -2.32. The molecule has 0 saturated heterocycles. The lowest BCUT2D eigenvalue weighted by Gasteiger charge is -2.19. The molecule has 0 bridgehead atoms. The van der Waals surface area contributed by atoms with Crippen molar-refractivity contribution in [3.8, 4) is 0 Å². The Morgan fingerprint density at radius 1 is 1.50 bits per heavy atom. The maximum Gasteiger partial charge on any atom is 0.325 e. The van der Waals surface area contributed by atoms with Crippen LogP contribution in [0.4, 0.5) is 10.3 Å². The fraction of sp³-hybridized carbons (Fsp3) is 0.500. The first-order valence-corrected chi connectivity index (χ1v) is 4.96. The Morgan fingerprint density at radius 3 is 2.62 bits per heavy atom. The van der Waals surface area contributed by atoms with Crippen molar-refractivity contribution in [3.63, 3.8) is 0 Å². The number of aromatic nitrogens is 2. The quantitative estimate of drug-likeness (QED) is 0.702. The number of rotatable bonds is 5. The van der Waals surface area contributed by atoms with Gasteiger partial charge in [0.2, 0.25) is 5.95 Å². The predicted octanol–water partition coefficient (Wildman–Crippen LogP) is 1.01. The summed E-state index contributed by atoms with van der Waals surface area (Å²) in [6.45, 7) is 2.64. The van der Waals surface area contributed by atoms with Crippen LogP contribution in [0.15, 0.2) is 12.4 Å². The van der Waals surface area contributed by atoms with E-state index in [1.807, 2.05) is 6.92 Å². The number of hydrogen-bond donors (Lipinski definition) is 0. The highest BCUT2D eigenvalue weighted by molar-refractivity contribution is 5.74. The van der Waals surface area contributed by atoms with E-state index in [0.717, 1.165) is 18.8 Å². The van der Waals surface area contributed by atoms with E-state index >= 15 is 0 Å². The van der Waals surface area contributed by atoms with Crippen LogP contribution in [-0.2, 0) is 9.53 Å². The third kappa shape index (κ3) is 3.45. The number of carbonyl (C=O) groups is 1. The van der Waals surface area contributed by atoms with Gasteiger partial charge in [-0.25, -0.2) is 14.4 Å². The normalized spacial score (nSPS) is 9.94. The van der Waals surface area contributed by atoms with Gasteiger partial charge in [-0.05, 0) is 6.42 Å². The second-order valence-corrected chi connectivity index (χ2v) is 3.20. The zero-order valence-electron chi connectivity index (χ0n) is 9.31. The average molecular weight is 227 g/mol. The van der Waals surface area contributed by atoms with Crippen molar-refractivity contribution in [2.75, 3.05) is 25.1 Å². The van der Waals surface area contributed by atoms with Crippen LogP contribution in [0, 0.1) is 5.82 Å². The minimum absolute atomic E-state index is 0.0654. The number of nitrogens with zero attached hydrogens (tertiary/aromatic N) is 3. The lowest BCUT2D eigenvalue weighted by molar-refractivity contribution is -0.138. The molecule has 1 aromatic heterocycles. The Hall–Kier alpha value is -1.72. The summed E-state index contributed by atoms with van der Waals surface area (Å²) in [4.78, 5) is 20.4. The molecular formula is C10H14FN3O2. The average Bonchev–Trinajstić information content (AvgIpc) is 2.29. The molecule has 0 spiro atoms. The molecule has 0 aliphatic heterocycles. The Balaban J connectivity index is 2.76. The van der Waals surface area contributed by atoms with Crippen LogP contribution >= 0.6 is 0 Å². The van der Waals surface area contributed by atoms with Gasteiger partial charge in [0.05, 0.1) is 19.5 Å².